The van der Waals surface area contributed by atoms with Gasteiger partial charge in [0.2, 0.25) is 0 Å². The summed E-state index contributed by atoms with van der Waals surface area (Å²) in [5, 5.41) is 5.41. The molecule has 0 radical (unpaired) electrons. The maximum absolute atomic E-state index is 6.26. The standard InChI is InChI=1S/C16H13BrCl3N/c17-12-5-6-14(16(20)15(12)19)21-10-7-9(8-10)11-3-1-2-4-13(11)18/h1-6,9-10,21H,7-8H2. The van der Waals surface area contributed by atoms with E-state index in [1.807, 2.05) is 30.3 Å². The molecule has 0 atom stereocenters. The second kappa shape index (κ2) is 6.37. The van der Waals surface area contributed by atoms with Crippen LogP contribution in [0.25, 0.3) is 0 Å². The third kappa shape index (κ3) is 3.19. The Kier molecular flexibility index (Phi) is 4.70. The van der Waals surface area contributed by atoms with Gasteiger partial charge in [-0.3, -0.25) is 0 Å². The SMILES string of the molecule is Clc1ccccc1C1CC(Nc2ccc(Br)c(Cl)c2Cl)C1. The molecule has 0 aromatic heterocycles. The highest BCUT2D eigenvalue weighted by Gasteiger charge is 2.31. The van der Waals surface area contributed by atoms with E-state index in [0.29, 0.717) is 22.0 Å². The minimum absolute atomic E-state index is 0.404. The zero-order chi connectivity index (χ0) is 15.0. The molecule has 2 aromatic rings. The Balaban J connectivity index is 1.66. The van der Waals surface area contributed by atoms with Crippen LogP contribution in [-0.4, -0.2) is 6.04 Å². The lowest BCUT2D eigenvalue weighted by molar-refractivity contribution is 0.374. The highest BCUT2D eigenvalue weighted by Crippen LogP contribution is 2.43. The number of hydrogen-bond acceptors (Lipinski definition) is 1. The highest BCUT2D eigenvalue weighted by atomic mass is 79.9. The Labute approximate surface area is 147 Å². The fourth-order valence-corrected chi connectivity index (χ4v) is 3.77. The summed E-state index contributed by atoms with van der Waals surface area (Å²) >= 11 is 22.0. The van der Waals surface area contributed by atoms with Crippen LogP contribution in [-0.2, 0) is 0 Å². The van der Waals surface area contributed by atoms with Gasteiger partial charge >= 0.3 is 0 Å². The molecule has 1 fully saturated rings. The van der Waals surface area contributed by atoms with Crippen LogP contribution in [0.4, 0.5) is 5.69 Å². The maximum Gasteiger partial charge on any atom is 0.0835 e. The third-order valence-electron chi connectivity index (χ3n) is 3.88. The lowest BCUT2D eigenvalue weighted by atomic mass is 9.76. The first-order valence-electron chi connectivity index (χ1n) is 6.70. The summed E-state index contributed by atoms with van der Waals surface area (Å²) in [6, 6.07) is 12.3. The average molecular weight is 406 g/mol. The van der Waals surface area contributed by atoms with Crippen molar-refractivity contribution >= 4 is 56.4 Å². The topological polar surface area (TPSA) is 12.0 Å². The molecule has 0 amide bonds. The van der Waals surface area contributed by atoms with Crippen molar-refractivity contribution in [2.45, 2.75) is 24.8 Å². The fraction of sp³-hybridized carbons (Fsp3) is 0.250. The van der Waals surface area contributed by atoms with Crippen molar-refractivity contribution in [1.82, 2.24) is 0 Å². The van der Waals surface area contributed by atoms with Crippen LogP contribution >= 0.6 is 50.7 Å². The molecule has 0 saturated heterocycles. The lowest BCUT2D eigenvalue weighted by Gasteiger charge is -2.37. The van der Waals surface area contributed by atoms with E-state index in [1.54, 1.807) is 0 Å². The second-order valence-electron chi connectivity index (χ2n) is 5.25. The molecular formula is C16H13BrCl3N. The largest absolute Gasteiger partial charge is 0.381 e. The molecule has 1 saturated carbocycles. The molecular weight excluding hydrogens is 392 g/mol. The van der Waals surface area contributed by atoms with E-state index in [-0.39, 0.29) is 0 Å². The Morgan fingerprint density at radius 3 is 2.38 bits per heavy atom. The van der Waals surface area contributed by atoms with Gasteiger partial charge in [-0.2, -0.15) is 0 Å². The molecule has 0 spiro atoms. The molecule has 1 N–H and O–H groups in total. The van der Waals surface area contributed by atoms with Crippen molar-refractivity contribution in [2.24, 2.45) is 0 Å². The Morgan fingerprint density at radius 1 is 0.952 bits per heavy atom. The summed E-state index contributed by atoms with van der Waals surface area (Å²) in [7, 11) is 0. The van der Waals surface area contributed by atoms with Crippen LogP contribution in [0.3, 0.4) is 0 Å². The van der Waals surface area contributed by atoms with Crippen LogP contribution < -0.4 is 5.32 Å². The first-order valence-corrected chi connectivity index (χ1v) is 8.63. The summed E-state index contributed by atoms with van der Waals surface area (Å²) < 4.78 is 0.808. The lowest BCUT2D eigenvalue weighted by Crippen LogP contribution is -2.34. The van der Waals surface area contributed by atoms with E-state index in [9.17, 15) is 0 Å². The van der Waals surface area contributed by atoms with Crippen LogP contribution in [0.15, 0.2) is 40.9 Å². The first kappa shape index (κ1) is 15.5. The monoisotopic (exact) mass is 403 g/mol. The minimum Gasteiger partial charge on any atom is -0.381 e. The molecule has 2 aromatic carbocycles. The van der Waals surface area contributed by atoms with Gasteiger partial charge in [0.1, 0.15) is 0 Å². The molecule has 0 unspecified atom stereocenters. The van der Waals surface area contributed by atoms with Crippen LogP contribution in [0.5, 0.6) is 0 Å². The summed E-state index contributed by atoms with van der Waals surface area (Å²) in [6.45, 7) is 0. The number of anilines is 1. The molecule has 0 bridgehead atoms. The van der Waals surface area contributed by atoms with Gasteiger partial charge < -0.3 is 5.32 Å². The molecule has 1 nitrogen and oxygen atoms in total. The summed E-state index contributed by atoms with van der Waals surface area (Å²) in [6.07, 6.45) is 2.10. The van der Waals surface area contributed by atoms with Crippen molar-refractivity contribution in [1.29, 1.82) is 0 Å². The minimum atomic E-state index is 0.404. The number of rotatable bonds is 3. The average Bonchev–Trinajstić information content (AvgIpc) is 2.43. The second-order valence-corrected chi connectivity index (χ2v) is 7.27. The van der Waals surface area contributed by atoms with Gasteiger partial charge in [0, 0.05) is 15.5 Å². The molecule has 110 valence electrons. The summed E-state index contributed by atoms with van der Waals surface area (Å²) in [4.78, 5) is 0. The van der Waals surface area contributed by atoms with Crippen molar-refractivity contribution in [3.63, 3.8) is 0 Å². The van der Waals surface area contributed by atoms with Gasteiger partial charge in [-0.1, -0.05) is 53.0 Å². The predicted molar refractivity (Wildman–Crippen MR) is 95.0 cm³/mol. The van der Waals surface area contributed by atoms with Gasteiger partial charge in [-0.25, -0.2) is 0 Å². The van der Waals surface area contributed by atoms with Crippen LogP contribution in [0.1, 0.15) is 24.3 Å². The van der Waals surface area contributed by atoms with Crippen molar-refractivity contribution in [3.05, 3.63) is 61.5 Å². The van der Waals surface area contributed by atoms with Gasteiger partial charge in [-0.05, 0) is 58.5 Å². The first-order chi connectivity index (χ1) is 10.1. The fourth-order valence-electron chi connectivity index (χ4n) is 2.65. The molecule has 0 aliphatic heterocycles. The highest BCUT2D eigenvalue weighted by molar-refractivity contribution is 9.10. The molecule has 0 heterocycles. The zero-order valence-electron chi connectivity index (χ0n) is 11.0. The van der Waals surface area contributed by atoms with E-state index >= 15 is 0 Å². The van der Waals surface area contributed by atoms with E-state index in [0.717, 1.165) is 28.0 Å². The Morgan fingerprint density at radius 2 is 1.67 bits per heavy atom. The van der Waals surface area contributed by atoms with Gasteiger partial charge in [0.15, 0.2) is 0 Å². The zero-order valence-corrected chi connectivity index (χ0v) is 14.9. The third-order valence-corrected chi connectivity index (χ3v) is 5.99. The van der Waals surface area contributed by atoms with E-state index < -0.39 is 0 Å². The van der Waals surface area contributed by atoms with Gasteiger partial charge in [0.05, 0.1) is 15.7 Å². The van der Waals surface area contributed by atoms with E-state index in [4.69, 9.17) is 34.8 Å². The van der Waals surface area contributed by atoms with Crippen LogP contribution in [0.2, 0.25) is 15.1 Å². The Hall–Kier alpha value is -0.410. The molecule has 21 heavy (non-hydrogen) atoms. The van der Waals surface area contributed by atoms with Gasteiger partial charge in [0.25, 0.3) is 0 Å². The Bertz CT molecular complexity index is 669. The number of benzene rings is 2. The molecule has 3 rings (SSSR count). The van der Waals surface area contributed by atoms with Crippen molar-refractivity contribution < 1.29 is 0 Å². The van der Waals surface area contributed by atoms with E-state index in [1.165, 1.54) is 5.56 Å². The quantitative estimate of drug-likeness (QED) is 0.556. The molecule has 1 aliphatic carbocycles. The number of nitrogens with one attached hydrogen (secondary N) is 1. The number of halogens is 4. The van der Waals surface area contributed by atoms with Gasteiger partial charge in [-0.15, -0.1) is 0 Å². The smallest absolute Gasteiger partial charge is 0.0835 e. The summed E-state index contributed by atoms with van der Waals surface area (Å²) in [5.74, 6) is 0.515. The summed E-state index contributed by atoms with van der Waals surface area (Å²) in [5.41, 5.74) is 2.12. The van der Waals surface area contributed by atoms with Crippen molar-refractivity contribution in [2.75, 3.05) is 5.32 Å². The maximum atomic E-state index is 6.26. The molecule has 5 heteroatoms. The number of hydrogen-bond donors (Lipinski definition) is 1. The predicted octanol–water partition coefficient (Wildman–Crippen LogP) is 6.77. The van der Waals surface area contributed by atoms with E-state index in [2.05, 4.69) is 27.3 Å². The van der Waals surface area contributed by atoms with Crippen LogP contribution in [0, 0.1) is 0 Å². The van der Waals surface area contributed by atoms with Crippen molar-refractivity contribution in [3.8, 4) is 0 Å². The molecule has 1 aliphatic rings. The normalized spacial score (nSPS) is 21.0.